The molecule has 2 aromatic heterocycles. The number of hydrogen-bond donors (Lipinski definition) is 3. The molecule has 0 saturated heterocycles. The van der Waals surface area contributed by atoms with Crippen LogP contribution in [0.25, 0.3) is 11.4 Å². The van der Waals surface area contributed by atoms with E-state index in [1.54, 1.807) is 16.9 Å². The number of benzene rings is 2. The van der Waals surface area contributed by atoms with Crippen LogP contribution in [0, 0.1) is 0 Å². The number of hydrogen-bond acceptors (Lipinski definition) is 8. The van der Waals surface area contributed by atoms with Crippen molar-refractivity contribution in [2.24, 2.45) is 0 Å². The van der Waals surface area contributed by atoms with Crippen LogP contribution >= 0.6 is 12.6 Å². The van der Waals surface area contributed by atoms with E-state index in [1.807, 2.05) is 48.9 Å². The van der Waals surface area contributed by atoms with Crippen LogP contribution in [0.5, 0.6) is 17.2 Å². The summed E-state index contributed by atoms with van der Waals surface area (Å²) in [4.78, 5) is 0. The maximum absolute atomic E-state index is 10.5. The SMILES string of the molecule is CC(C)c1cc(-c2nnc(S)n2Cc2ccc(OCCCn3ccnn3)cc2)c(O)cc1O. The minimum atomic E-state index is -0.0616. The number of thiol groups is 1. The van der Waals surface area contributed by atoms with Gasteiger partial charge in [0.2, 0.25) is 0 Å². The molecular formula is C23H26N6O3S. The van der Waals surface area contributed by atoms with Gasteiger partial charge in [0.05, 0.1) is 24.9 Å². The molecular weight excluding hydrogens is 440 g/mol. The molecule has 4 rings (SSSR count). The van der Waals surface area contributed by atoms with E-state index in [0.717, 1.165) is 29.8 Å². The zero-order valence-corrected chi connectivity index (χ0v) is 19.4. The molecule has 9 nitrogen and oxygen atoms in total. The van der Waals surface area contributed by atoms with Crippen molar-refractivity contribution in [1.82, 2.24) is 29.8 Å². The summed E-state index contributed by atoms with van der Waals surface area (Å²) in [6.07, 6.45) is 4.31. The number of nitrogens with zero attached hydrogens (tertiary/aromatic N) is 6. The standard InChI is InChI=1S/C23H26N6O3S/c1-15(2)18-12-19(21(31)13-20(18)30)22-25-26-23(33)29(22)14-16-4-6-17(7-5-16)32-11-3-9-28-10-8-24-27-28/h4-8,10,12-13,15,30-31H,3,9,11,14H2,1-2H3,(H,26,33). The fourth-order valence-corrected chi connectivity index (χ4v) is 3.73. The van der Waals surface area contributed by atoms with Crippen molar-refractivity contribution in [1.29, 1.82) is 0 Å². The van der Waals surface area contributed by atoms with Crippen LogP contribution < -0.4 is 4.74 Å². The molecule has 10 heteroatoms. The molecule has 172 valence electrons. The highest BCUT2D eigenvalue weighted by molar-refractivity contribution is 7.80. The van der Waals surface area contributed by atoms with Crippen LogP contribution in [0.4, 0.5) is 0 Å². The number of aromatic hydroxyl groups is 2. The van der Waals surface area contributed by atoms with E-state index in [9.17, 15) is 10.2 Å². The van der Waals surface area contributed by atoms with E-state index >= 15 is 0 Å². The molecule has 0 radical (unpaired) electrons. The Bertz CT molecular complexity index is 1210. The smallest absolute Gasteiger partial charge is 0.188 e. The summed E-state index contributed by atoms with van der Waals surface area (Å²) in [5, 5.41) is 37.1. The molecule has 0 bridgehead atoms. The third-order valence-electron chi connectivity index (χ3n) is 5.28. The topological polar surface area (TPSA) is 111 Å². The number of aryl methyl sites for hydroxylation is 1. The fourth-order valence-electron chi connectivity index (χ4n) is 3.52. The highest BCUT2D eigenvalue weighted by Crippen LogP contribution is 2.37. The number of phenols is 2. The van der Waals surface area contributed by atoms with E-state index in [-0.39, 0.29) is 17.4 Å². The van der Waals surface area contributed by atoms with Crippen molar-refractivity contribution in [3.8, 4) is 28.6 Å². The maximum atomic E-state index is 10.5. The van der Waals surface area contributed by atoms with E-state index in [1.165, 1.54) is 6.07 Å². The lowest BCUT2D eigenvalue weighted by atomic mass is 9.98. The molecule has 0 saturated carbocycles. The molecule has 33 heavy (non-hydrogen) atoms. The lowest BCUT2D eigenvalue weighted by Crippen LogP contribution is -2.06. The molecule has 0 aliphatic heterocycles. The summed E-state index contributed by atoms with van der Waals surface area (Å²) < 4.78 is 9.39. The highest BCUT2D eigenvalue weighted by Gasteiger charge is 2.19. The molecule has 2 N–H and O–H groups in total. The second-order valence-corrected chi connectivity index (χ2v) is 8.40. The lowest BCUT2D eigenvalue weighted by molar-refractivity contribution is 0.298. The summed E-state index contributed by atoms with van der Waals surface area (Å²) in [6.45, 7) is 5.74. The molecule has 0 atom stereocenters. The first kappa shape index (κ1) is 22.7. The summed E-state index contributed by atoms with van der Waals surface area (Å²) in [7, 11) is 0. The van der Waals surface area contributed by atoms with Crippen molar-refractivity contribution < 1.29 is 14.9 Å². The van der Waals surface area contributed by atoms with Gasteiger partial charge in [0, 0.05) is 25.2 Å². The van der Waals surface area contributed by atoms with Crippen LogP contribution in [0.2, 0.25) is 0 Å². The Labute approximate surface area is 197 Å². The molecule has 2 heterocycles. The number of phenolic OH excluding ortho intramolecular Hbond substituents is 2. The minimum absolute atomic E-state index is 0.0558. The Hall–Kier alpha value is -3.53. The Balaban J connectivity index is 1.46. The summed E-state index contributed by atoms with van der Waals surface area (Å²) in [5.74, 6) is 1.34. The van der Waals surface area contributed by atoms with Crippen molar-refractivity contribution in [2.45, 2.75) is 44.4 Å². The van der Waals surface area contributed by atoms with Gasteiger partial charge in [-0.3, -0.25) is 9.25 Å². The number of aromatic nitrogens is 6. The lowest BCUT2D eigenvalue weighted by Gasteiger charge is -2.14. The van der Waals surface area contributed by atoms with Gasteiger partial charge in [0.15, 0.2) is 11.0 Å². The van der Waals surface area contributed by atoms with Crippen LogP contribution in [0.1, 0.15) is 37.3 Å². The molecule has 0 aliphatic rings. The van der Waals surface area contributed by atoms with Gasteiger partial charge < -0.3 is 14.9 Å². The molecule has 0 fully saturated rings. The van der Waals surface area contributed by atoms with Crippen molar-refractivity contribution in [2.75, 3.05) is 6.61 Å². The van der Waals surface area contributed by atoms with Gasteiger partial charge in [-0.15, -0.1) is 27.9 Å². The average Bonchev–Trinajstić information content (AvgIpc) is 3.43. The second kappa shape index (κ2) is 9.95. The Morgan fingerprint density at radius 3 is 2.55 bits per heavy atom. The average molecular weight is 467 g/mol. The minimum Gasteiger partial charge on any atom is -0.508 e. The van der Waals surface area contributed by atoms with E-state index in [0.29, 0.717) is 29.7 Å². The Morgan fingerprint density at radius 1 is 1.06 bits per heavy atom. The zero-order valence-electron chi connectivity index (χ0n) is 18.5. The normalized spacial score (nSPS) is 11.3. The van der Waals surface area contributed by atoms with Gasteiger partial charge in [-0.05, 0) is 35.2 Å². The molecule has 0 aliphatic carbocycles. The molecule has 0 amide bonds. The largest absolute Gasteiger partial charge is 0.508 e. The quantitative estimate of drug-likeness (QED) is 0.254. The van der Waals surface area contributed by atoms with Gasteiger partial charge >= 0.3 is 0 Å². The monoisotopic (exact) mass is 466 g/mol. The predicted molar refractivity (Wildman–Crippen MR) is 126 cm³/mol. The molecule has 0 spiro atoms. The molecule has 0 unspecified atom stereocenters. The third-order valence-corrected chi connectivity index (χ3v) is 5.61. The van der Waals surface area contributed by atoms with Crippen LogP contribution in [-0.2, 0) is 13.1 Å². The van der Waals surface area contributed by atoms with E-state index in [4.69, 9.17) is 4.74 Å². The summed E-state index contributed by atoms with van der Waals surface area (Å²) in [6, 6.07) is 10.9. The van der Waals surface area contributed by atoms with Gasteiger partial charge in [0.1, 0.15) is 17.2 Å². The van der Waals surface area contributed by atoms with Crippen LogP contribution in [0.15, 0.2) is 53.9 Å². The fraction of sp³-hybridized carbons (Fsp3) is 0.304. The van der Waals surface area contributed by atoms with Crippen LogP contribution in [-0.4, -0.2) is 46.6 Å². The van der Waals surface area contributed by atoms with Crippen LogP contribution in [0.3, 0.4) is 0 Å². The molecule has 4 aromatic rings. The van der Waals surface area contributed by atoms with Gasteiger partial charge in [-0.2, -0.15) is 0 Å². The predicted octanol–water partition coefficient (Wildman–Crippen LogP) is 3.88. The first-order valence-electron chi connectivity index (χ1n) is 10.7. The third kappa shape index (κ3) is 5.28. The zero-order chi connectivity index (χ0) is 23.4. The van der Waals surface area contributed by atoms with Gasteiger partial charge in [-0.1, -0.05) is 31.2 Å². The van der Waals surface area contributed by atoms with Crippen molar-refractivity contribution in [3.63, 3.8) is 0 Å². The van der Waals surface area contributed by atoms with Crippen molar-refractivity contribution in [3.05, 3.63) is 59.9 Å². The van der Waals surface area contributed by atoms with E-state index in [2.05, 4.69) is 33.1 Å². The summed E-state index contributed by atoms with van der Waals surface area (Å²) >= 11 is 4.44. The van der Waals surface area contributed by atoms with Gasteiger partial charge in [-0.25, -0.2) is 0 Å². The first-order valence-corrected chi connectivity index (χ1v) is 11.1. The first-order chi connectivity index (χ1) is 15.9. The Morgan fingerprint density at radius 2 is 1.85 bits per heavy atom. The number of rotatable bonds is 9. The number of ether oxygens (including phenoxy) is 1. The molecule has 2 aromatic carbocycles. The van der Waals surface area contributed by atoms with Crippen molar-refractivity contribution >= 4 is 12.6 Å². The Kier molecular flexibility index (Phi) is 6.83. The highest BCUT2D eigenvalue weighted by atomic mass is 32.1. The maximum Gasteiger partial charge on any atom is 0.188 e. The summed E-state index contributed by atoms with van der Waals surface area (Å²) in [5.41, 5.74) is 2.23. The van der Waals surface area contributed by atoms with E-state index < -0.39 is 0 Å². The second-order valence-electron chi connectivity index (χ2n) is 8.00. The van der Waals surface area contributed by atoms with Gasteiger partial charge in [0.25, 0.3) is 0 Å².